The van der Waals surface area contributed by atoms with Crippen molar-refractivity contribution in [2.24, 2.45) is 5.92 Å². The van der Waals surface area contributed by atoms with Crippen molar-refractivity contribution in [2.45, 2.75) is 32.4 Å². The van der Waals surface area contributed by atoms with Gasteiger partial charge >= 0.3 is 6.18 Å². The van der Waals surface area contributed by atoms with E-state index in [4.69, 9.17) is 9.84 Å². The minimum Gasteiger partial charge on any atom is -0.478 e. The van der Waals surface area contributed by atoms with Crippen molar-refractivity contribution in [3.05, 3.63) is 35.9 Å². The normalized spacial score (nSPS) is 15.6. The molecule has 10 heteroatoms. The van der Waals surface area contributed by atoms with Gasteiger partial charge in [0.25, 0.3) is 5.88 Å². The maximum absolute atomic E-state index is 13.9. The van der Waals surface area contributed by atoms with Crippen molar-refractivity contribution in [3.8, 4) is 17.1 Å². The van der Waals surface area contributed by atoms with E-state index in [0.717, 1.165) is 24.6 Å². The lowest BCUT2D eigenvalue weighted by Gasteiger charge is -2.34. The summed E-state index contributed by atoms with van der Waals surface area (Å²) in [5.41, 5.74) is 1.01. The number of methoxy groups -OCH3 is 1. The van der Waals surface area contributed by atoms with Crippen LogP contribution in [0.25, 0.3) is 16.9 Å². The third kappa shape index (κ3) is 4.30. The van der Waals surface area contributed by atoms with Gasteiger partial charge in [-0.3, -0.25) is 0 Å². The molecule has 1 fully saturated rings. The van der Waals surface area contributed by atoms with Gasteiger partial charge < -0.3 is 19.1 Å². The molecule has 1 N–H and O–H groups in total. The average Bonchev–Trinajstić information content (AvgIpc) is 3.13. The van der Waals surface area contributed by atoms with Gasteiger partial charge in [0.1, 0.15) is 5.82 Å². The van der Waals surface area contributed by atoms with Crippen LogP contribution in [0.4, 0.5) is 19.0 Å². The number of hydrogen-bond acceptors (Lipinski definition) is 6. The number of halogens is 3. The average molecular weight is 435 g/mol. The van der Waals surface area contributed by atoms with Crippen LogP contribution in [-0.4, -0.2) is 51.3 Å². The Kier molecular flexibility index (Phi) is 5.74. The predicted molar refractivity (Wildman–Crippen MR) is 109 cm³/mol. The standard InChI is InChI=1S/C21H24F3N5O2/c1-13-11-29-12-17(27-20(31-2)19(29)26-13)15-9-16(21(22,23)24)18(25-10-15)28-6-3-14(4-7-28)5-8-30/h9-12,14,30H,3-8H2,1-2H3. The van der Waals surface area contributed by atoms with Gasteiger partial charge in [-0.05, 0) is 38.2 Å². The monoisotopic (exact) mass is 435 g/mol. The zero-order chi connectivity index (χ0) is 22.2. The molecule has 0 radical (unpaired) electrons. The number of fused-ring (bicyclic) bond motifs is 1. The number of pyridine rings is 1. The fourth-order valence-electron chi connectivity index (χ4n) is 4.04. The Bertz CT molecular complexity index is 1070. The fraction of sp³-hybridized carbons (Fsp3) is 0.476. The van der Waals surface area contributed by atoms with E-state index in [-0.39, 0.29) is 23.9 Å². The number of ether oxygens (including phenoxy) is 1. The highest BCUT2D eigenvalue weighted by atomic mass is 19.4. The molecule has 0 atom stereocenters. The molecule has 4 heterocycles. The molecule has 7 nitrogen and oxygen atoms in total. The van der Waals surface area contributed by atoms with E-state index >= 15 is 0 Å². The summed E-state index contributed by atoms with van der Waals surface area (Å²) in [6.07, 6.45) is 2.38. The summed E-state index contributed by atoms with van der Waals surface area (Å²) in [4.78, 5) is 14.6. The van der Waals surface area contributed by atoms with E-state index in [0.29, 0.717) is 36.8 Å². The van der Waals surface area contributed by atoms with Crippen LogP contribution in [0.3, 0.4) is 0 Å². The van der Waals surface area contributed by atoms with Gasteiger partial charge in [0.15, 0.2) is 0 Å². The number of rotatable bonds is 5. The number of imidazole rings is 1. The minimum absolute atomic E-state index is 0.0646. The van der Waals surface area contributed by atoms with Crippen LogP contribution in [0.1, 0.15) is 30.5 Å². The summed E-state index contributed by atoms with van der Waals surface area (Å²) in [6.45, 7) is 2.87. The van der Waals surface area contributed by atoms with Crippen molar-refractivity contribution in [3.63, 3.8) is 0 Å². The van der Waals surface area contributed by atoms with Gasteiger partial charge in [0, 0.05) is 43.9 Å². The van der Waals surface area contributed by atoms with Crippen LogP contribution in [0.5, 0.6) is 5.88 Å². The number of nitrogens with zero attached hydrogens (tertiary/aromatic N) is 5. The molecule has 0 amide bonds. The number of piperidine rings is 1. The van der Waals surface area contributed by atoms with Crippen molar-refractivity contribution < 1.29 is 23.0 Å². The highest BCUT2D eigenvalue weighted by Gasteiger charge is 2.37. The molecule has 0 aromatic carbocycles. The molecule has 0 bridgehead atoms. The van der Waals surface area contributed by atoms with Crippen LogP contribution < -0.4 is 9.64 Å². The van der Waals surface area contributed by atoms with Crippen LogP contribution in [-0.2, 0) is 6.18 Å². The third-order valence-corrected chi connectivity index (χ3v) is 5.64. The van der Waals surface area contributed by atoms with Gasteiger partial charge in [-0.15, -0.1) is 0 Å². The summed E-state index contributed by atoms with van der Waals surface area (Å²) in [6, 6.07) is 1.10. The van der Waals surface area contributed by atoms with Gasteiger partial charge in [-0.1, -0.05) is 0 Å². The first-order valence-electron chi connectivity index (χ1n) is 10.1. The third-order valence-electron chi connectivity index (χ3n) is 5.64. The first kappa shape index (κ1) is 21.4. The Balaban J connectivity index is 1.72. The molecule has 3 aromatic heterocycles. The summed E-state index contributed by atoms with van der Waals surface area (Å²) in [5, 5.41) is 9.10. The Morgan fingerprint density at radius 3 is 2.58 bits per heavy atom. The number of hydrogen-bond donors (Lipinski definition) is 1. The van der Waals surface area contributed by atoms with E-state index in [2.05, 4.69) is 15.0 Å². The van der Waals surface area contributed by atoms with E-state index in [9.17, 15) is 13.2 Å². The molecule has 4 rings (SSSR count). The first-order chi connectivity index (χ1) is 14.8. The molecule has 0 saturated carbocycles. The van der Waals surface area contributed by atoms with Crippen molar-refractivity contribution in [1.29, 1.82) is 0 Å². The van der Waals surface area contributed by atoms with Crippen molar-refractivity contribution in [2.75, 3.05) is 31.7 Å². The molecule has 0 aliphatic carbocycles. The highest BCUT2D eigenvalue weighted by Crippen LogP contribution is 2.39. The Morgan fingerprint density at radius 1 is 1.19 bits per heavy atom. The predicted octanol–water partition coefficient (Wildman–Crippen LogP) is 3.73. The van der Waals surface area contributed by atoms with Crippen molar-refractivity contribution >= 4 is 11.5 Å². The zero-order valence-corrected chi connectivity index (χ0v) is 17.4. The Labute approximate surface area is 177 Å². The summed E-state index contributed by atoms with van der Waals surface area (Å²) in [5.74, 6) is 0.497. The molecule has 3 aromatic rings. The van der Waals surface area contributed by atoms with Crippen LogP contribution in [0.2, 0.25) is 0 Å². The number of aryl methyl sites for hydroxylation is 1. The molecule has 31 heavy (non-hydrogen) atoms. The van der Waals surface area contributed by atoms with Gasteiger partial charge in [-0.2, -0.15) is 13.2 Å². The molecule has 1 saturated heterocycles. The topological polar surface area (TPSA) is 75.8 Å². The molecule has 0 spiro atoms. The second kappa shape index (κ2) is 8.33. The Hall–Kier alpha value is -2.88. The van der Waals surface area contributed by atoms with E-state index in [1.54, 1.807) is 21.7 Å². The highest BCUT2D eigenvalue weighted by molar-refractivity contribution is 5.66. The SMILES string of the molecule is COc1nc(-c2cnc(N3CCC(CCO)CC3)c(C(F)(F)F)c2)cn2cc(C)nc12. The van der Waals surface area contributed by atoms with E-state index in [1.165, 1.54) is 13.3 Å². The van der Waals surface area contributed by atoms with Crippen LogP contribution >= 0.6 is 0 Å². The summed E-state index contributed by atoms with van der Waals surface area (Å²) < 4.78 is 48.8. The number of aliphatic hydroxyl groups is 1. The lowest BCUT2D eigenvalue weighted by atomic mass is 9.93. The van der Waals surface area contributed by atoms with E-state index in [1.807, 2.05) is 6.92 Å². The molecule has 0 unspecified atom stereocenters. The largest absolute Gasteiger partial charge is 0.478 e. The smallest absolute Gasteiger partial charge is 0.419 e. The maximum atomic E-state index is 13.9. The molecular formula is C21H24F3N5O2. The molecule has 1 aliphatic heterocycles. The summed E-state index contributed by atoms with van der Waals surface area (Å²) in [7, 11) is 1.44. The van der Waals surface area contributed by atoms with Crippen molar-refractivity contribution in [1.82, 2.24) is 19.4 Å². The Morgan fingerprint density at radius 2 is 1.94 bits per heavy atom. The molecule has 166 valence electrons. The summed E-state index contributed by atoms with van der Waals surface area (Å²) >= 11 is 0. The number of anilines is 1. The minimum atomic E-state index is -4.56. The van der Waals surface area contributed by atoms with Gasteiger partial charge in [0.2, 0.25) is 5.65 Å². The zero-order valence-electron chi connectivity index (χ0n) is 17.4. The molecular weight excluding hydrogens is 411 g/mol. The van der Waals surface area contributed by atoms with Gasteiger partial charge in [-0.25, -0.2) is 15.0 Å². The first-order valence-corrected chi connectivity index (χ1v) is 10.1. The quantitative estimate of drug-likeness (QED) is 0.658. The lowest BCUT2D eigenvalue weighted by molar-refractivity contribution is -0.137. The number of aromatic nitrogens is 4. The molecule has 1 aliphatic rings. The second-order valence-corrected chi connectivity index (χ2v) is 7.78. The van der Waals surface area contributed by atoms with Crippen LogP contribution in [0, 0.1) is 12.8 Å². The second-order valence-electron chi connectivity index (χ2n) is 7.78. The number of aliphatic hydroxyl groups excluding tert-OH is 1. The van der Waals surface area contributed by atoms with Gasteiger partial charge in [0.05, 0.1) is 24.1 Å². The van der Waals surface area contributed by atoms with E-state index < -0.39 is 11.7 Å². The maximum Gasteiger partial charge on any atom is 0.419 e. The lowest BCUT2D eigenvalue weighted by Crippen LogP contribution is -2.36. The number of alkyl halides is 3. The fourth-order valence-corrected chi connectivity index (χ4v) is 4.04. The van der Waals surface area contributed by atoms with Crippen LogP contribution in [0.15, 0.2) is 24.7 Å².